The monoisotopic (exact) mass is 251 g/mol. The van der Waals surface area contributed by atoms with Crippen LogP contribution < -0.4 is 0 Å². The van der Waals surface area contributed by atoms with Crippen LogP contribution in [-0.4, -0.2) is 34.7 Å². The SMILES string of the molecule is OC12CCCCC1CN(C1CCCCCC1)CC2. The number of hydrogen-bond donors (Lipinski definition) is 1. The van der Waals surface area contributed by atoms with Crippen molar-refractivity contribution in [3.63, 3.8) is 0 Å². The van der Waals surface area contributed by atoms with Gasteiger partial charge < -0.3 is 5.11 Å². The third kappa shape index (κ3) is 2.60. The predicted molar refractivity (Wildman–Crippen MR) is 74.6 cm³/mol. The molecule has 1 heterocycles. The molecule has 3 fully saturated rings. The van der Waals surface area contributed by atoms with E-state index in [9.17, 15) is 5.11 Å². The van der Waals surface area contributed by atoms with Gasteiger partial charge in [0.25, 0.3) is 0 Å². The molecular weight excluding hydrogens is 222 g/mol. The molecule has 3 rings (SSSR count). The van der Waals surface area contributed by atoms with Crippen molar-refractivity contribution in [2.24, 2.45) is 5.92 Å². The lowest BCUT2D eigenvalue weighted by Gasteiger charge is -2.49. The Kier molecular flexibility index (Phi) is 3.95. The summed E-state index contributed by atoms with van der Waals surface area (Å²) in [5.41, 5.74) is -0.292. The van der Waals surface area contributed by atoms with Crippen molar-refractivity contribution in [2.45, 2.75) is 82.3 Å². The highest BCUT2D eigenvalue weighted by atomic mass is 16.3. The Labute approximate surface area is 112 Å². The highest BCUT2D eigenvalue weighted by Gasteiger charge is 2.43. The van der Waals surface area contributed by atoms with Crippen LogP contribution in [0.15, 0.2) is 0 Å². The molecule has 1 saturated heterocycles. The first-order valence-electron chi connectivity index (χ1n) is 8.24. The number of rotatable bonds is 1. The summed E-state index contributed by atoms with van der Waals surface area (Å²) in [6.45, 7) is 2.33. The molecule has 1 N–H and O–H groups in total. The maximum absolute atomic E-state index is 10.7. The van der Waals surface area contributed by atoms with Gasteiger partial charge in [0.15, 0.2) is 0 Å². The van der Waals surface area contributed by atoms with Crippen molar-refractivity contribution >= 4 is 0 Å². The van der Waals surface area contributed by atoms with Crippen LogP contribution in [0, 0.1) is 5.92 Å². The fraction of sp³-hybridized carbons (Fsp3) is 1.00. The quantitative estimate of drug-likeness (QED) is 0.723. The molecular formula is C16H29NO. The van der Waals surface area contributed by atoms with Crippen molar-refractivity contribution in [1.82, 2.24) is 4.90 Å². The summed E-state index contributed by atoms with van der Waals surface area (Å²) in [6.07, 6.45) is 14.5. The van der Waals surface area contributed by atoms with Gasteiger partial charge >= 0.3 is 0 Å². The van der Waals surface area contributed by atoms with Crippen molar-refractivity contribution in [3.8, 4) is 0 Å². The van der Waals surface area contributed by atoms with Gasteiger partial charge in [0.1, 0.15) is 0 Å². The van der Waals surface area contributed by atoms with Gasteiger partial charge in [0.05, 0.1) is 5.60 Å². The first-order chi connectivity index (χ1) is 8.78. The molecule has 2 unspecified atom stereocenters. The number of aliphatic hydroxyl groups is 1. The number of fused-ring (bicyclic) bond motifs is 1. The fourth-order valence-corrected chi connectivity index (χ4v) is 4.55. The number of hydrogen-bond acceptors (Lipinski definition) is 2. The zero-order valence-electron chi connectivity index (χ0n) is 11.7. The van der Waals surface area contributed by atoms with Gasteiger partial charge in [0, 0.05) is 25.0 Å². The van der Waals surface area contributed by atoms with Crippen LogP contribution in [0.4, 0.5) is 0 Å². The Balaban J connectivity index is 1.62. The Morgan fingerprint density at radius 3 is 2.33 bits per heavy atom. The van der Waals surface area contributed by atoms with Gasteiger partial charge in [-0.15, -0.1) is 0 Å². The summed E-state index contributed by atoms with van der Waals surface area (Å²) in [6, 6.07) is 0.832. The normalized spacial score (nSPS) is 40.2. The summed E-state index contributed by atoms with van der Waals surface area (Å²) in [7, 11) is 0. The number of likely N-dealkylation sites (tertiary alicyclic amines) is 1. The molecule has 0 spiro atoms. The van der Waals surface area contributed by atoms with Gasteiger partial charge in [-0.05, 0) is 32.1 Å². The van der Waals surface area contributed by atoms with E-state index in [1.165, 1.54) is 64.3 Å². The largest absolute Gasteiger partial charge is 0.390 e. The first kappa shape index (κ1) is 12.9. The van der Waals surface area contributed by atoms with Gasteiger partial charge in [-0.2, -0.15) is 0 Å². The molecule has 2 atom stereocenters. The maximum Gasteiger partial charge on any atom is 0.0700 e. The molecule has 0 bridgehead atoms. The number of nitrogens with zero attached hydrogens (tertiary/aromatic N) is 1. The maximum atomic E-state index is 10.7. The molecule has 2 heteroatoms. The van der Waals surface area contributed by atoms with Crippen molar-refractivity contribution in [3.05, 3.63) is 0 Å². The van der Waals surface area contributed by atoms with E-state index in [-0.39, 0.29) is 5.60 Å². The standard InChI is InChI=1S/C16H29NO/c18-16-10-6-5-7-14(16)13-17(12-11-16)15-8-3-1-2-4-9-15/h14-15,18H,1-13H2. The molecule has 0 aromatic rings. The summed E-state index contributed by atoms with van der Waals surface area (Å²) >= 11 is 0. The first-order valence-corrected chi connectivity index (χ1v) is 8.24. The molecule has 3 aliphatic rings. The minimum Gasteiger partial charge on any atom is -0.390 e. The smallest absolute Gasteiger partial charge is 0.0700 e. The van der Waals surface area contributed by atoms with E-state index < -0.39 is 0 Å². The van der Waals surface area contributed by atoms with Crippen LogP contribution in [0.3, 0.4) is 0 Å². The highest BCUT2D eigenvalue weighted by molar-refractivity contribution is 4.97. The zero-order chi connectivity index (χ0) is 12.4. The van der Waals surface area contributed by atoms with E-state index in [0.717, 1.165) is 25.4 Å². The second kappa shape index (κ2) is 5.50. The van der Waals surface area contributed by atoms with Crippen LogP contribution in [0.25, 0.3) is 0 Å². The Hall–Kier alpha value is -0.0800. The number of piperidine rings is 1. The average molecular weight is 251 g/mol. The Morgan fingerprint density at radius 1 is 0.833 bits per heavy atom. The van der Waals surface area contributed by atoms with E-state index in [4.69, 9.17) is 0 Å². The molecule has 0 amide bonds. The average Bonchev–Trinajstić information content (AvgIpc) is 2.66. The molecule has 0 aromatic carbocycles. The van der Waals surface area contributed by atoms with E-state index in [1.807, 2.05) is 0 Å². The lowest BCUT2D eigenvalue weighted by molar-refractivity contribution is -0.103. The van der Waals surface area contributed by atoms with Gasteiger partial charge in [0.2, 0.25) is 0 Å². The van der Waals surface area contributed by atoms with Crippen molar-refractivity contribution in [2.75, 3.05) is 13.1 Å². The minimum absolute atomic E-state index is 0.292. The Morgan fingerprint density at radius 2 is 1.56 bits per heavy atom. The molecule has 0 aromatic heterocycles. The molecule has 2 saturated carbocycles. The minimum atomic E-state index is -0.292. The highest BCUT2D eigenvalue weighted by Crippen LogP contribution is 2.41. The molecule has 2 nitrogen and oxygen atoms in total. The van der Waals surface area contributed by atoms with Crippen LogP contribution >= 0.6 is 0 Å². The van der Waals surface area contributed by atoms with Crippen LogP contribution in [0.2, 0.25) is 0 Å². The van der Waals surface area contributed by atoms with Crippen LogP contribution in [-0.2, 0) is 0 Å². The molecule has 104 valence electrons. The van der Waals surface area contributed by atoms with E-state index in [0.29, 0.717) is 5.92 Å². The van der Waals surface area contributed by atoms with Crippen molar-refractivity contribution in [1.29, 1.82) is 0 Å². The lowest BCUT2D eigenvalue weighted by atomic mass is 9.71. The van der Waals surface area contributed by atoms with Crippen molar-refractivity contribution < 1.29 is 5.11 Å². The summed E-state index contributed by atoms with van der Waals surface area (Å²) in [4.78, 5) is 2.73. The summed E-state index contributed by atoms with van der Waals surface area (Å²) in [5.74, 6) is 0.572. The van der Waals surface area contributed by atoms with E-state index in [2.05, 4.69) is 4.90 Å². The molecule has 18 heavy (non-hydrogen) atoms. The van der Waals surface area contributed by atoms with Crippen LogP contribution in [0.1, 0.15) is 70.6 Å². The summed E-state index contributed by atoms with van der Waals surface area (Å²) in [5, 5.41) is 10.7. The van der Waals surface area contributed by atoms with Gasteiger partial charge in [-0.3, -0.25) is 4.90 Å². The lowest BCUT2D eigenvalue weighted by Crippen LogP contribution is -2.55. The fourth-order valence-electron chi connectivity index (χ4n) is 4.55. The topological polar surface area (TPSA) is 23.5 Å². The van der Waals surface area contributed by atoms with Gasteiger partial charge in [-0.25, -0.2) is 0 Å². The van der Waals surface area contributed by atoms with E-state index >= 15 is 0 Å². The second-order valence-electron chi connectivity index (χ2n) is 6.94. The molecule has 2 aliphatic carbocycles. The Bertz CT molecular complexity index is 272. The predicted octanol–water partition coefficient (Wildman–Crippen LogP) is 3.34. The van der Waals surface area contributed by atoms with Gasteiger partial charge in [-0.1, -0.05) is 38.5 Å². The molecule has 0 radical (unpaired) electrons. The zero-order valence-corrected chi connectivity index (χ0v) is 11.7. The second-order valence-corrected chi connectivity index (χ2v) is 6.94. The van der Waals surface area contributed by atoms with Crippen LogP contribution in [0.5, 0.6) is 0 Å². The molecule has 1 aliphatic heterocycles. The van der Waals surface area contributed by atoms with E-state index in [1.54, 1.807) is 0 Å². The third-order valence-electron chi connectivity index (χ3n) is 5.80. The summed E-state index contributed by atoms with van der Waals surface area (Å²) < 4.78 is 0. The third-order valence-corrected chi connectivity index (χ3v) is 5.80.